The van der Waals surface area contributed by atoms with Crippen LogP contribution >= 0.6 is 0 Å². The van der Waals surface area contributed by atoms with Crippen LogP contribution in [0.1, 0.15) is 20.8 Å². The van der Waals surface area contributed by atoms with Gasteiger partial charge in [-0.1, -0.05) is 0 Å². The van der Waals surface area contributed by atoms with Gasteiger partial charge in [0.15, 0.2) is 0 Å². The van der Waals surface area contributed by atoms with Gasteiger partial charge in [0.1, 0.15) is 17.2 Å². The van der Waals surface area contributed by atoms with Crippen molar-refractivity contribution in [2.75, 3.05) is 62.4 Å². The largest absolute Gasteiger partial charge is 0.583 e. The molecule has 146 valence electrons. The van der Waals surface area contributed by atoms with E-state index in [-0.39, 0.29) is 0 Å². The third-order valence-electron chi connectivity index (χ3n) is 5.08. The van der Waals surface area contributed by atoms with Gasteiger partial charge < -0.3 is 28.6 Å². The molecular formula is C18H27BN4O4. The highest BCUT2D eigenvalue weighted by atomic mass is 16.7. The van der Waals surface area contributed by atoms with Gasteiger partial charge in [0.2, 0.25) is 5.95 Å². The van der Waals surface area contributed by atoms with Crippen LogP contribution in [-0.4, -0.2) is 75.3 Å². The van der Waals surface area contributed by atoms with Crippen LogP contribution in [0.2, 0.25) is 0 Å². The highest BCUT2D eigenvalue weighted by molar-refractivity contribution is 6.61. The standard InChI is InChI=1S/C18H27BN4O4/c1-4-14-18(2,3)27-19(26-14)15-13-16(22-5-9-24-10-6-22)21-17(20-15)23-7-11-25-12-8-23/h4,13H,5-12H2,1-3H3/b14-4+. The third-order valence-corrected chi connectivity index (χ3v) is 5.08. The zero-order chi connectivity index (χ0) is 18.9. The van der Waals surface area contributed by atoms with Gasteiger partial charge in [-0.15, -0.1) is 0 Å². The predicted molar refractivity (Wildman–Crippen MR) is 103 cm³/mol. The summed E-state index contributed by atoms with van der Waals surface area (Å²) < 4.78 is 23.2. The van der Waals surface area contributed by atoms with Crippen LogP contribution < -0.4 is 15.4 Å². The van der Waals surface area contributed by atoms with Crippen LogP contribution in [-0.2, 0) is 18.8 Å². The molecule has 9 heteroatoms. The minimum absolute atomic E-state index is 0.470. The fourth-order valence-electron chi connectivity index (χ4n) is 3.56. The first-order chi connectivity index (χ1) is 13.1. The van der Waals surface area contributed by atoms with Gasteiger partial charge in [0.05, 0.1) is 32.0 Å². The Bertz CT molecular complexity index is 666. The van der Waals surface area contributed by atoms with Crippen LogP contribution in [0.25, 0.3) is 0 Å². The van der Waals surface area contributed by atoms with E-state index >= 15 is 0 Å². The Hall–Kier alpha value is -1.84. The maximum atomic E-state index is 6.16. The number of anilines is 2. The fourth-order valence-corrected chi connectivity index (χ4v) is 3.56. The van der Waals surface area contributed by atoms with E-state index in [9.17, 15) is 0 Å². The second-order valence-corrected chi connectivity index (χ2v) is 7.38. The zero-order valence-electron chi connectivity index (χ0n) is 16.3. The van der Waals surface area contributed by atoms with Gasteiger partial charge in [-0.3, -0.25) is 0 Å². The first-order valence-corrected chi connectivity index (χ1v) is 9.62. The van der Waals surface area contributed by atoms with E-state index in [1.54, 1.807) is 0 Å². The molecule has 3 saturated heterocycles. The van der Waals surface area contributed by atoms with E-state index in [0.717, 1.165) is 43.3 Å². The molecule has 3 fully saturated rings. The minimum atomic E-state index is -0.534. The maximum absolute atomic E-state index is 6.16. The van der Waals surface area contributed by atoms with E-state index in [0.29, 0.717) is 32.4 Å². The average molecular weight is 374 g/mol. The lowest BCUT2D eigenvalue weighted by Gasteiger charge is -2.31. The molecule has 0 atom stereocenters. The Kier molecular flexibility index (Phi) is 5.25. The first-order valence-electron chi connectivity index (χ1n) is 9.62. The monoisotopic (exact) mass is 374 g/mol. The second-order valence-electron chi connectivity index (χ2n) is 7.38. The van der Waals surface area contributed by atoms with Gasteiger partial charge in [0, 0.05) is 32.2 Å². The van der Waals surface area contributed by atoms with Gasteiger partial charge in [-0.05, 0) is 26.8 Å². The van der Waals surface area contributed by atoms with Crippen molar-refractivity contribution in [1.29, 1.82) is 0 Å². The molecule has 0 amide bonds. The molecule has 4 heterocycles. The van der Waals surface area contributed by atoms with Gasteiger partial charge in [0.25, 0.3) is 0 Å². The Labute approximate surface area is 160 Å². The number of hydrogen-bond acceptors (Lipinski definition) is 8. The summed E-state index contributed by atoms with van der Waals surface area (Å²) in [6, 6.07) is 1.98. The van der Waals surface area contributed by atoms with Crippen molar-refractivity contribution in [1.82, 2.24) is 9.97 Å². The lowest BCUT2D eigenvalue weighted by atomic mass is 9.84. The highest BCUT2D eigenvalue weighted by Gasteiger charge is 2.45. The quantitative estimate of drug-likeness (QED) is 0.712. The van der Waals surface area contributed by atoms with Crippen LogP contribution in [0.15, 0.2) is 17.9 Å². The molecule has 27 heavy (non-hydrogen) atoms. The fraction of sp³-hybridized carbons (Fsp3) is 0.667. The second kappa shape index (κ2) is 7.65. The molecule has 0 spiro atoms. The van der Waals surface area contributed by atoms with Gasteiger partial charge >= 0.3 is 7.12 Å². The molecule has 4 rings (SSSR count). The Balaban J connectivity index is 1.67. The normalized spacial score (nSPS) is 24.4. The van der Waals surface area contributed by atoms with Gasteiger partial charge in [-0.2, -0.15) is 4.98 Å². The number of morpholine rings is 2. The molecule has 0 saturated carbocycles. The van der Waals surface area contributed by atoms with E-state index in [1.165, 1.54) is 0 Å². The summed E-state index contributed by atoms with van der Waals surface area (Å²) in [5, 5.41) is 0. The van der Waals surface area contributed by atoms with Crippen molar-refractivity contribution < 1.29 is 18.8 Å². The summed E-state index contributed by atoms with van der Waals surface area (Å²) in [5.41, 5.74) is 0.278. The van der Waals surface area contributed by atoms with Crippen molar-refractivity contribution in [3.05, 3.63) is 17.9 Å². The Morgan fingerprint density at radius 1 is 1.00 bits per heavy atom. The number of aromatic nitrogens is 2. The van der Waals surface area contributed by atoms with E-state index in [4.69, 9.17) is 28.8 Å². The molecule has 3 aliphatic rings. The summed E-state index contributed by atoms with van der Waals surface area (Å²) in [7, 11) is -0.534. The van der Waals surface area contributed by atoms with Crippen molar-refractivity contribution in [3.8, 4) is 0 Å². The molecule has 1 aromatic heterocycles. The molecule has 0 bridgehead atoms. The van der Waals surface area contributed by atoms with Gasteiger partial charge in [-0.25, -0.2) is 4.98 Å². The summed E-state index contributed by atoms with van der Waals surface area (Å²) in [4.78, 5) is 14.0. The summed E-state index contributed by atoms with van der Waals surface area (Å²) in [6.45, 7) is 12.0. The van der Waals surface area contributed by atoms with E-state index in [2.05, 4.69) is 9.80 Å². The molecule has 0 radical (unpaired) electrons. The average Bonchev–Trinajstić information content (AvgIpc) is 3.03. The molecule has 8 nitrogen and oxygen atoms in total. The van der Waals surface area contributed by atoms with E-state index < -0.39 is 12.7 Å². The molecular weight excluding hydrogens is 347 g/mol. The molecule has 0 unspecified atom stereocenters. The van der Waals surface area contributed by atoms with E-state index in [1.807, 2.05) is 32.9 Å². The number of hydrogen-bond donors (Lipinski definition) is 0. The lowest BCUT2D eigenvalue weighted by Crippen LogP contribution is -2.43. The number of rotatable bonds is 3. The van der Waals surface area contributed by atoms with Crippen LogP contribution in [0, 0.1) is 0 Å². The van der Waals surface area contributed by atoms with Crippen LogP contribution in [0.5, 0.6) is 0 Å². The first kappa shape index (κ1) is 18.5. The zero-order valence-corrected chi connectivity index (χ0v) is 16.3. The number of nitrogens with zero attached hydrogens (tertiary/aromatic N) is 4. The Morgan fingerprint density at radius 2 is 1.63 bits per heavy atom. The summed E-state index contributed by atoms with van der Waals surface area (Å²) in [6.07, 6.45) is 1.95. The SMILES string of the molecule is C/C=C1/OB(c2cc(N3CCOCC3)nc(N3CCOCC3)n2)OC1(C)C. The molecule has 0 aromatic carbocycles. The third kappa shape index (κ3) is 3.90. The van der Waals surface area contributed by atoms with Crippen molar-refractivity contribution in [2.45, 2.75) is 26.4 Å². The maximum Gasteiger partial charge on any atom is 0.583 e. The van der Waals surface area contributed by atoms with Crippen LogP contribution in [0.4, 0.5) is 11.8 Å². The number of allylic oxidation sites excluding steroid dienone is 1. The predicted octanol–water partition coefficient (Wildman–Crippen LogP) is 0.574. The molecule has 3 aliphatic heterocycles. The smallest absolute Gasteiger partial charge is 0.533 e. The molecule has 0 aliphatic carbocycles. The van der Waals surface area contributed by atoms with Crippen LogP contribution in [0.3, 0.4) is 0 Å². The molecule has 1 aromatic rings. The topological polar surface area (TPSA) is 69.2 Å². The lowest BCUT2D eigenvalue weighted by molar-refractivity contribution is 0.121. The summed E-state index contributed by atoms with van der Waals surface area (Å²) in [5.74, 6) is 2.42. The van der Waals surface area contributed by atoms with Crippen molar-refractivity contribution in [2.24, 2.45) is 0 Å². The Morgan fingerprint density at radius 3 is 2.22 bits per heavy atom. The summed E-state index contributed by atoms with van der Waals surface area (Å²) >= 11 is 0. The van der Waals surface area contributed by atoms with Crippen molar-refractivity contribution in [3.63, 3.8) is 0 Å². The number of ether oxygens (including phenoxy) is 2. The molecule has 0 N–H and O–H groups in total. The van der Waals surface area contributed by atoms with Crippen molar-refractivity contribution >= 4 is 24.5 Å². The highest BCUT2D eigenvalue weighted by Crippen LogP contribution is 2.31. The minimum Gasteiger partial charge on any atom is -0.533 e.